The second-order valence-electron chi connectivity index (χ2n) is 6.48. The van der Waals surface area contributed by atoms with Gasteiger partial charge in [0, 0.05) is 32.7 Å². The molecule has 1 unspecified atom stereocenters. The third-order valence-electron chi connectivity index (χ3n) is 4.71. The van der Waals surface area contributed by atoms with Crippen LogP contribution in [0.15, 0.2) is 36.4 Å². The van der Waals surface area contributed by atoms with E-state index in [-0.39, 0.29) is 12.5 Å². The van der Waals surface area contributed by atoms with Crippen molar-refractivity contribution in [2.24, 2.45) is 0 Å². The van der Waals surface area contributed by atoms with Crippen LogP contribution in [-0.2, 0) is 4.79 Å². The highest BCUT2D eigenvalue weighted by Gasteiger charge is 2.32. The molecule has 0 spiro atoms. The van der Waals surface area contributed by atoms with Gasteiger partial charge in [0.1, 0.15) is 12.4 Å². The van der Waals surface area contributed by atoms with Crippen LogP contribution in [0.1, 0.15) is 6.92 Å². The Hall–Kier alpha value is -3.03. The fraction of sp³-hybridized carbons (Fsp3) is 0.421. The first-order chi connectivity index (χ1) is 13.2. The summed E-state index contributed by atoms with van der Waals surface area (Å²) in [5.41, 5.74) is 0. The minimum Gasteiger partial charge on any atom is -0.485 e. The molecule has 8 nitrogen and oxygen atoms in total. The maximum atomic E-state index is 12.8. The highest BCUT2D eigenvalue weighted by Crippen LogP contribution is 2.31. The summed E-state index contributed by atoms with van der Waals surface area (Å²) in [5.74, 6) is 2.88. The molecule has 2 aliphatic heterocycles. The first-order valence-corrected chi connectivity index (χ1v) is 9.24. The summed E-state index contributed by atoms with van der Waals surface area (Å²) in [6, 6.07) is 11.3. The van der Waals surface area contributed by atoms with Gasteiger partial charge in [0.25, 0.3) is 5.91 Å². The summed E-state index contributed by atoms with van der Waals surface area (Å²) in [7, 11) is 0. The van der Waals surface area contributed by atoms with Gasteiger partial charge in [-0.2, -0.15) is 0 Å². The second-order valence-corrected chi connectivity index (χ2v) is 6.48. The van der Waals surface area contributed by atoms with E-state index < -0.39 is 6.10 Å². The molecule has 1 N–H and O–H groups in total. The minimum absolute atomic E-state index is 0.0299. The molecule has 2 aliphatic rings. The Balaban J connectivity index is 1.33. The van der Waals surface area contributed by atoms with Crippen LogP contribution in [0.5, 0.6) is 11.5 Å². The number of rotatable bonds is 4. The number of amides is 1. The smallest absolute Gasteiger partial charge is 0.267 e. The van der Waals surface area contributed by atoms with Crippen molar-refractivity contribution in [1.29, 1.82) is 0 Å². The number of para-hydroxylation sites is 2. The predicted molar refractivity (Wildman–Crippen MR) is 101 cm³/mol. The van der Waals surface area contributed by atoms with Crippen molar-refractivity contribution < 1.29 is 14.3 Å². The van der Waals surface area contributed by atoms with Crippen molar-refractivity contribution in [2.75, 3.05) is 49.5 Å². The summed E-state index contributed by atoms with van der Waals surface area (Å²) < 4.78 is 11.5. The van der Waals surface area contributed by atoms with Gasteiger partial charge in [-0.25, -0.2) is 0 Å². The number of piperazine rings is 1. The largest absolute Gasteiger partial charge is 0.485 e. The number of fused-ring (bicyclic) bond motifs is 1. The number of hydrogen-bond acceptors (Lipinski definition) is 7. The van der Waals surface area contributed by atoms with Gasteiger partial charge in [-0.3, -0.25) is 4.79 Å². The number of carbonyl (C=O) groups is 1. The Morgan fingerprint density at radius 2 is 1.89 bits per heavy atom. The first kappa shape index (κ1) is 17.4. The molecular formula is C19H23N5O3. The van der Waals surface area contributed by atoms with Crippen LogP contribution in [-0.4, -0.2) is 66.4 Å². The maximum Gasteiger partial charge on any atom is 0.267 e. The van der Waals surface area contributed by atoms with Crippen molar-refractivity contribution >= 4 is 17.5 Å². The monoisotopic (exact) mass is 369 g/mol. The number of hydrogen-bond donors (Lipinski definition) is 1. The van der Waals surface area contributed by atoms with Crippen LogP contribution >= 0.6 is 0 Å². The van der Waals surface area contributed by atoms with E-state index in [1.807, 2.05) is 48.2 Å². The summed E-state index contributed by atoms with van der Waals surface area (Å²) >= 11 is 0. The fourth-order valence-corrected chi connectivity index (χ4v) is 3.27. The number of nitrogens with one attached hydrogen (secondary N) is 1. The lowest BCUT2D eigenvalue weighted by Gasteiger charge is -2.37. The van der Waals surface area contributed by atoms with Gasteiger partial charge in [0.2, 0.25) is 6.10 Å². The van der Waals surface area contributed by atoms with Gasteiger partial charge < -0.3 is 24.6 Å². The lowest BCUT2D eigenvalue weighted by atomic mass is 10.2. The molecule has 4 rings (SSSR count). The van der Waals surface area contributed by atoms with Crippen molar-refractivity contribution in [3.8, 4) is 11.5 Å². The van der Waals surface area contributed by atoms with Gasteiger partial charge in [0.15, 0.2) is 17.3 Å². The van der Waals surface area contributed by atoms with Crippen LogP contribution in [0.4, 0.5) is 11.6 Å². The molecule has 0 saturated carbocycles. The van der Waals surface area contributed by atoms with E-state index in [2.05, 4.69) is 20.4 Å². The van der Waals surface area contributed by atoms with Gasteiger partial charge in [-0.15, -0.1) is 10.2 Å². The van der Waals surface area contributed by atoms with Crippen LogP contribution in [0.25, 0.3) is 0 Å². The SMILES string of the molecule is CCNc1ccc(N2CCN(C(=O)C3COc4ccccc4O3)CC2)nn1. The van der Waals surface area contributed by atoms with Crippen molar-refractivity contribution in [3.63, 3.8) is 0 Å². The normalized spacial score (nSPS) is 18.9. The number of benzene rings is 1. The number of ether oxygens (including phenoxy) is 2. The average molecular weight is 369 g/mol. The second kappa shape index (κ2) is 7.69. The van der Waals surface area contributed by atoms with E-state index in [9.17, 15) is 4.79 Å². The predicted octanol–water partition coefficient (Wildman–Crippen LogP) is 1.40. The minimum atomic E-state index is -0.592. The van der Waals surface area contributed by atoms with E-state index >= 15 is 0 Å². The van der Waals surface area contributed by atoms with E-state index in [4.69, 9.17) is 9.47 Å². The van der Waals surface area contributed by atoms with Gasteiger partial charge in [-0.05, 0) is 31.2 Å². The first-order valence-electron chi connectivity index (χ1n) is 9.24. The van der Waals surface area contributed by atoms with E-state index in [0.29, 0.717) is 37.7 Å². The highest BCUT2D eigenvalue weighted by molar-refractivity contribution is 5.82. The molecule has 2 aromatic rings. The molecular weight excluding hydrogens is 346 g/mol. The third-order valence-corrected chi connectivity index (χ3v) is 4.71. The van der Waals surface area contributed by atoms with Gasteiger partial charge >= 0.3 is 0 Å². The van der Waals surface area contributed by atoms with Crippen molar-refractivity contribution in [3.05, 3.63) is 36.4 Å². The zero-order valence-electron chi connectivity index (χ0n) is 15.3. The topological polar surface area (TPSA) is 79.8 Å². The number of carbonyl (C=O) groups excluding carboxylic acids is 1. The van der Waals surface area contributed by atoms with Crippen LogP contribution < -0.4 is 19.7 Å². The molecule has 1 aromatic heterocycles. The van der Waals surface area contributed by atoms with E-state index in [1.54, 1.807) is 0 Å². The number of aromatic nitrogens is 2. The van der Waals surface area contributed by atoms with Crippen LogP contribution in [0.2, 0.25) is 0 Å². The standard InChI is InChI=1S/C19H23N5O3/c1-2-20-17-7-8-18(22-21-17)23-9-11-24(12-10-23)19(25)16-13-26-14-5-3-4-6-15(14)27-16/h3-8,16H,2,9-13H2,1H3,(H,20,21). The molecule has 1 atom stereocenters. The molecule has 3 heterocycles. The maximum absolute atomic E-state index is 12.8. The Morgan fingerprint density at radius 3 is 2.59 bits per heavy atom. The summed E-state index contributed by atoms with van der Waals surface area (Å²) in [4.78, 5) is 16.8. The van der Waals surface area contributed by atoms with Crippen molar-refractivity contribution in [2.45, 2.75) is 13.0 Å². The molecule has 1 saturated heterocycles. The van der Waals surface area contributed by atoms with Crippen molar-refractivity contribution in [1.82, 2.24) is 15.1 Å². The van der Waals surface area contributed by atoms with E-state index in [0.717, 1.165) is 18.2 Å². The molecule has 27 heavy (non-hydrogen) atoms. The van der Waals surface area contributed by atoms with Gasteiger partial charge in [0.05, 0.1) is 0 Å². The molecule has 0 radical (unpaired) electrons. The number of nitrogens with zero attached hydrogens (tertiary/aromatic N) is 4. The zero-order valence-corrected chi connectivity index (χ0v) is 15.3. The lowest BCUT2D eigenvalue weighted by Crippen LogP contribution is -2.54. The average Bonchev–Trinajstić information content (AvgIpc) is 2.74. The van der Waals surface area contributed by atoms with Crippen LogP contribution in [0, 0.1) is 0 Å². The quantitative estimate of drug-likeness (QED) is 0.872. The molecule has 8 heteroatoms. The molecule has 1 fully saturated rings. The summed E-state index contributed by atoms with van der Waals surface area (Å²) in [6.07, 6.45) is -0.592. The van der Waals surface area contributed by atoms with E-state index in [1.165, 1.54) is 0 Å². The Kier molecular flexibility index (Phi) is 4.95. The molecule has 142 valence electrons. The van der Waals surface area contributed by atoms with Crippen LogP contribution in [0.3, 0.4) is 0 Å². The third kappa shape index (κ3) is 3.74. The summed E-state index contributed by atoms with van der Waals surface area (Å²) in [6.45, 7) is 5.75. The Labute approximate surface area is 158 Å². The Morgan fingerprint density at radius 1 is 1.11 bits per heavy atom. The summed E-state index contributed by atoms with van der Waals surface area (Å²) in [5, 5.41) is 11.6. The molecule has 1 aromatic carbocycles. The Bertz CT molecular complexity index is 790. The lowest BCUT2D eigenvalue weighted by molar-refractivity contribution is -0.141. The fourth-order valence-electron chi connectivity index (χ4n) is 3.27. The molecule has 1 amide bonds. The van der Waals surface area contributed by atoms with Gasteiger partial charge in [-0.1, -0.05) is 12.1 Å². The number of anilines is 2. The molecule has 0 aliphatic carbocycles. The zero-order chi connectivity index (χ0) is 18.6. The highest BCUT2D eigenvalue weighted by atomic mass is 16.6. The molecule has 0 bridgehead atoms.